The van der Waals surface area contributed by atoms with E-state index in [2.05, 4.69) is 5.32 Å². The summed E-state index contributed by atoms with van der Waals surface area (Å²) in [7, 11) is -7.15. The minimum atomic E-state index is -3.76. The van der Waals surface area contributed by atoms with Gasteiger partial charge >= 0.3 is 0 Å². The van der Waals surface area contributed by atoms with E-state index < -0.39 is 36.2 Å². The normalized spacial score (nSPS) is 11.8. The highest BCUT2D eigenvalue weighted by Crippen LogP contribution is 2.22. The Balaban J connectivity index is 2.37. The Kier molecular flexibility index (Phi) is 5.14. The molecule has 0 bridgehead atoms. The summed E-state index contributed by atoms with van der Waals surface area (Å²) in [5.74, 6) is -0.772. The van der Waals surface area contributed by atoms with Gasteiger partial charge in [0.15, 0.2) is 19.7 Å². The summed E-state index contributed by atoms with van der Waals surface area (Å²) in [6, 6.07) is 8.14. The second-order valence-corrected chi connectivity index (χ2v) is 9.53. The van der Waals surface area contributed by atoms with Crippen LogP contribution in [0.2, 0.25) is 0 Å². The van der Waals surface area contributed by atoms with Crippen molar-refractivity contribution in [3.05, 3.63) is 58.1 Å². The lowest BCUT2D eigenvalue weighted by Crippen LogP contribution is -2.13. The maximum atomic E-state index is 12.3. The standard InChI is InChI=1S/C15H14N2O7S2/c1-25(21,22)13-5-3-11(4-6-13)16-15(18)10-7-12(17(19)20)9-14(8-10)26(2,23)24/h3-9H,1-2H3,(H,16,18). The molecule has 2 aromatic carbocycles. The smallest absolute Gasteiger partial charge is 0.271 e. The fraction of sp³-hybridized carbons (Fsp3) is 0.133. The zero-order valence-corrected chi connectivity index (χ0v) is 15.3. The van der Waals surface area contributed by atoms with Crippen molar-refractivity contribution in [1.29, 1.82) is 0 Å². The molecule has 9 nitrogen and oxygen atoms in total. The van der Waals surface area contributed by atoms with Crippen molar-refractivity contribution in [3.63, 3.8) is 0 Å². The third-order valence-corrected chi connectivity index (χ3v) is 5.55. The lowest BCUT2D eigenvalue weighted by Gasteiger charge is -2.08. The van der Waals surface area contributed by atoms with Gasteiger partial charge in [0.05, 0.1) is 14.7 Å². The number of carbonyl (C=O) groups excluding carboxylic acids is 1. The molecule has 26 heavy (non-hydrogen) atoms. The first kappa shape index (κ1) is 19.5. The van der Waals surface area contributed by atoms with Gasteiger partial charge in [0.2, 0.25) is 0 Å². The highest BCUT2D eigenvalue weighted by atomic mass is 32.2. The first-order valence-electron chi connectivity index (χ1n) is 6.99. The topological polar surface area (TPSA) is 141 Å². The van der Waals surface area contributed by atoms with Crippen LogP contribution in [0.4, 0.5) is 11.4 Å². The Bertz CT molecular complexity index is 1090. The highest BCUT2D eigenvalue weighted by Gasteiger charge is 2.19. The Morgan fingerprint density at radius 2 is 1.46 bits per heavy atom. The quantitative estimate of drug-likeness (QED) is 0.596. The van der Waals surface area contributed by atoms with E-state index >= 15 is 0 Å². The number of nitrogens with zero attached hydrogens (tertiary/aromatic N) is 1. The first-order chi connectivity index (χ1) is 11.9. The van der Waals surface area contributed by atoms with Crippen LogP contribution in [0.1, 0.15) is 10.4 Å². The molecular weight excluding hydrogens is 384 g/mol. The van der Waals surface area contributed by atoms with Crippen molar-refractivity contribution < 1.29 is 26.6 Å². The van der Waals surface area contributed by atoms with Crippen molar-refractivity contribution >= 4 is 37.0 Å². The fourth-order valence-electron chi connectivity index (χ4n) is 2.02. The first-order valence-corrected chi connectivity index (χ1v) is 10.8. The van der Waals surface area contributed by atoms with Crippen LogP contribution in [0.3, 0.4) is 0 Å². The van der Waals surface area contributed by atoms with Crippen LogP contribution >= 0.6 is 0 Å². The van der Waals surface area contributed by atoms with Crippen molar-refractivity contribution in [3.8, 4) is 0 Å². The van der Waals surface area contributed by atoms with Gasteiger partial charge in [0, 0.05) is 35.9 Å². The summed E-state index contributed by atoms with van der Waals surface area (Å²) >= 11 is 0. The van der Waals surface area contributed by atoms with Crippen LogP contribution in [0, 0.1) is 10.1 Å². The van der Waals surface area contributed by atoms with Crippen LogP contribution in [-0.4, -0.2) is 40.2 Å². The van der Waals surface area contributed by atoms with Crippen LogP contribution in [-0.2, 0) is 19.7 Å². The Morgan fingerprint density at radius 3 is 1.92 bits per heavy atom. The molecule has 0 unspecified atom stereocenters. The zero-order chi connectivity index (χ0) is 19.7. The highest BCUT2D eigenvalue weighted by molar-refractivity contribution is 7.91. The molecule has 0 aliphatic heterocycles. The van der Waals surface area contributed by atoms with Crippen molar-refractivity contribution in [2.45, 2.75) is 9.79 Å². The lowest BCUT2D eigenvalue weighted by atomic mass is 10.2. The summed E-state index contributed by atoms with van der Waals surface area (Å²) in [6.07, 6.45) is 1.91. The lowest BCUT2D eigenvalue weighted by molar-refractivity contribution is -0.385. The largest absolute Gasteiger partial charge is 0.322 e. The number of benzene rings is 2. The predicted molar refractivity (Wildman–Crippen MR) is 93.7 cm³/mol. The van der Waals surface area contributed by atoms with E-state index in [1.165, 1.54) is 24.3 Å². The van der Waals surface area contributed by atoms with Crippen molar-refractivity contribution in [2.24, 2.45) is 0 Å². The Morgan fingerprint density at radius 1 is 0.923 bits per heavy atom. The van der Waals surface area contributed by atoms with E-state index in [1.54, 1.807) is 0 Å². The van der Waals surface area contributed by atoms with Gasteiger partial charge in [-0.1, -0.05) is 0 Å². The summed E-state index contributed by atoms with van der Waals surface area (Å²) in [4.78, 5) is 22.2. The second kappa shape index (κ2) is 6.84. The molecule has 0 aromatic heterocycles. The van der Waals surface area contributed by atoms with Gasteiger partial charge in [-0.05, 0) is 30.3 Å². The molecule has 2 rings (SSSR count). The van der Waals surface area contributed by atoms with Gasteiger partial charge in [-0.2, -0.15) is 0 Å². The molecule has 0 saturated carbocycles. The maximum absolute atomic E-state index is 12.3. The average molecular weight is 398 g/mol. The van der Waals surface area contributed by atoms with Gasteiger partial charge in [-0.3, -0.25) is 14.9 Å². The van der Waals surface area contributed by atoms with Gasteiger partial charge in [-0.15, -0.1) is 0 Å². The molecule has 0 aliphatic carbocycles. The van der Waals surface area contributed by atoms with Gasteiger partial charge in [0.25, 0.3) is 11.6 Å². The molecule has 2 aromatic rings. The minimum absolute atomic E-state index is 0.0604. The Labute approximate surface area is 149 Å². The molecule has 1 amide bonds. The van der Waals surface area contributed by atoms with Crippen molar-refractivity contribution in [1.82, 2.24) is 0 Å². The molecule has 0 aliphatic rings. The number of hydrogen-bond donors (Lipinski definition) is 1. The number of nitrogens with one attached hydrogen (secondary N) is 1. The van der Waals surface area contributed by atoms with Crippen LogP contribution in [0.15, 0.2) is 52.3 Å². The number of carbonyl (C=O) groups is 1. The zero-order valence-electron chi connectivity index (χ0n) is 13.7. The molecule has 138 valence electrons. The third kappa shape index (κ3) is 4.64. The number of hydrogen-bond acceptors (Lipinski definition) is 7. The number of sulfone groups is 2. The second-order valence-electron chi connectivity index (χ2n) is 5.50. The summed E-state index contributed by atoms with van der Waals surface area (Å²) < 4.78 is 46.1. The number of anilines is 1. The number of rotatable bonds is 5. The number of nitro benzene ring substituents is 1. The minimum Gasteiger partial charge on any atom is -0.322 e. The summed E-state index contributed by atoms with van der Waals surface area (Å²) in [6.45, 7) is 0. The van der Waals surface area contributed by atoms with Crippen molar-refractivity contribution in [2.75, 3.05) is 17.8 Å². The molecule has 0 atom stereocenters. The van der Waals surface area contributed by atoms with E-state index in [-0.39, 0.29) is 21.0 Å². The molecule has 0 spiro atoms. The molecule has 11 heteroatoms. The predicted octanol–water partition coefficient (Wildman–Crippen LogP) is 1.65. The van der Waals surface area contributed by atoms with E-state index in [0.29, 0.717) is 0 Å². The van der Waals surface area contributed by atoms with E-state index in [9.17, 15) is 31.7 Å². The number of nitro groups is 1. The molecule has 1 N–H and O–H groups in total. The molecule has 0 fully saturated rings. The average Bonchev–Trinajstić information content (AvgIpc) is 2.53. The van der Waals surface area contributed by atoms with Crippen LogP contribution in [0.25, 0.3) is 0 Å². The number of non-ortho nitro benzene ring substituents is 1. The molecule has 0 saturated heterocycles. The summed E-state index contributed by atoms with van der Waals surface area (Å²) in [5.41, 5.74) is -0.507. The maximum Gasteiger partial charge on any atom is 0.271 e. The van der Waals surface area contributed by atoms with E-state index in [1.807, 2.05) is 0 Å². The van der Waals surface area contributed by atoms with E-state index in [4.69, 9.17) is 0 Å². The van der Waals surface area contributed by atoms with Gasteiger partial charge in [0.1, 0.15) is 0 Å². The summed E-state index contributed by atoms with van der Waals surface area (Å²) in [5, 5.41) is 13.4. The third-order valence-electron chi connectivity index (χ3n) is 3.33. The van der Waals surface area contributed by atoms with Gasteiger partial charge in [-0.25, -0.2) is 16.8 Å². The molecule has 0 radical (unpaired) electrons. The molecule has 0 heterocycles. The SMILES string of the molecule is CS(=O)(=O)c1ccc(NC(=O)c2cc([N+](=O)[O-])cc(S(C)(=O)=O)c2)cc1. The number of amides is 1. The van der Waals surface area contributed by atoms with E-state index in [0.717, 1.165) is 30.7 Å². The van der Waals surface area contributed by atoms with Crippen LogP contribution in [0.5, 0.6) is 0 Å². The van der Waals surface area contributed by atoms with Gasteiger partial charge < -0.3 is 5.32 Å². The monoisotopic (exact) mass is 398 g/mol. The molecular formula is C15H14N2O7S2. The Hall–Kier alpha value is -2.79. The fourth-order valence-corrected chi connectivity index (χ4v) is 3.33. The van der Waals surface area contributed by atoms with Crippen LogP contribution < -0.4 is 5.32 Å².